The molecular weight excluding hydrogens is 224 g/mol. The normalized spacial score (nSPS) is 15.4. The second kappa shape index (κ2) is 5.11. The first-order chi connectivity index (χ1) is 8.20. The fraction of sp³-hybridized carbons (Fsp3) is 0.455. The Morgan fingerprint density at radius 1 is 1.53 bits per heavy atom. The molecular formula is C11H14N2O4. The smallest absolute Gasteiger partial charge is 0.270 e. The summed E-state index contributed by atoms with van der Waals surface area (Å²) < 4.78 is 10.7. The highest BCUT2D eigenvalue weighted by Gasteiger charge is 2.18. The van der Waals surface area contributed by atoms with Gasteiger partial charge in [-0.1, -0.05) is 0 Å². The van der Waals surface area contributed by atoms with Crippen molar-refractivity contribution in [1.29, 1.82) is 0 Å². The third kappa shape index (κ3) is 2.72. The van der Waals surface area contributed by atoms with E-state index in [9.17, 15) is 10.1 Å². The first-order valence-electron chi connectivity index (χ1n) is 5.34. The number of nitrogens with zero attached hydrogens (tertiary/aromatic N) is 1. The molecule has 1 heterocycles. The standard InChI is InChI=1S/C11H14N2O4/c1-16-11-3-2-9(13(14)15)4-8(11)7-17-10-5-12-6-10/h2-4,10,12H,5-7H2,1H3. The number of nitrogens with one attached hydrogen (secondary N) is 1. The van der Waals surface area contributed by atoms with E-state index in [1.54, 1.807) is 6.07 Å². The Balaban J connectivity index is 2.10. The molecule has 1 aromatic carbocycles. The first-order valence-corrected chi connectivity index (χ1v) is 5.34. The molecule has 17 heavy (non-hydrogen) atoms. The van der Waals surface area contributed by atoms with Crippen molar-refractivity contribution in [2.75, 3.05) is 20.2 Å². The molecule has 1 aromatic rings. The van der Waals surface area contributed by atoms with Crippen molar-refractivity contribution in [1.82, 2.24) is 5.32 Å². The molecule has 0 spiro atoms. The van der Waals surface area contributed by atoms with Crippen molar-refractivity contribution in [3.63, 3.8) is 0 Å². The van der Waals surface area contributed by atoms with Gasteiger partial charge in [-0.15, -0.1) is 0 Å². The van der Waals surface area contributed by atoms with Crippen LogP contribution in [0.15, 0.2) is 18.2 Å². The Morgan fingerprint density at radius 3 is 2.82 bits per heavy atom. The van der Waals surface area contributed by atoms with Crippen LogP contribution in [0, 0.1) is 10.1 Å². The minimum atomic E-state index is -0.423. The van der Waals surface area contributed by atoms with E-state index < -0.39 is 4.92 Å². The maximum absolute atomic E-state index is 10.7. The summed E-state index contributed by atoms with van der Waals surface area (Å²) in [4.78, 5) is 10.2. The van der Waals surface area contributed by atoms with E-state index in [2.05, 4.69) is 5.32 Å². The van der Waals surface area contributed by atoms with Crippen LogP contribution in [0.2, 0.25) is 0 Å². The van der Waals surface area contributed by atoms with Gasteiger partial charge in [0.15, 0.2) is 0 Å². The molecule has 0 aliphatic carbocycles. The largest absolute Gasteiger partial charge is 0.496 e. The SMILES string of the molecule is COc1ccc([N+](=O)[O-])cc1COC1CNC1. The fourth-order valence-corrected chi connectivity index (χ4v) is 1.58. The first kappa shape index (κ1) is 11.8. The van der Waals surface area contributed by atoms with E-state index in [1.807, 2.05) is 0 Å². The molecule has 0 saturated carbocycles. The van der Waals surface area contributed by atoms with Crippen molar-refractivity contribution in [2.45, 2.75) is 12.7 Å². The second-order valence-corrected chi connectivity index (χ2v) is 3.84. The molecule has 0 aromatic heterocycles. The summed E-state index contributed by atoms with van der Waals surface area (Å²) in [7, 11) is 1.54. The molecule has 92 valence electrons. The number of rotatable bonds is 5. The lowest BCUT2D eigenvalue weighted by molar-refractivity contribution is -0.385. The molecule has 0 atom stereocenters. The van der Waals surface area contributed by atoms with Crippen LogP contribution in [-0.4, -0.2) is 31.2 Å². The van der Waals surface area contributed by atoms with Crippen LogP contribution >= 0.6 is 0 Å². The molecule has 0 bridgehead atoms. The Hall–Kier alpha value is -1.66. The second-order valence-electron chi connectivity index (χ2n) is 3.84. The lowest BCUT2D eigenvalue weighted by Crippen LogP contribution is -2.48. The molecule has 1 saturated heterocycles. The van der Waals surface area contributed by atoms with E-state index in [-0.39, 0.29) is 11.8 Å². The summed E-state index contributed by atoms with van der Waals surface area (Å²) in [5.41, 5.74) is 0.754. The summed E-state index contributed by atoms with van der Waals surface area (Å²) in [5, 5.41) is 13.8. The quantitative estimate of drug-likeness (QED) is 0.614. The van der Waals surface area contributed by atoms with Crippen molar-refractivity contribution < 1.29 is 14.4 Å². The van der Waals surface area contributed by atoms with Crippen LogP contribution in [0.1, 0.15) is 5.56 Å². The van der Waals surface area contributed by atoms with Crippen LogP contribution in [0.3, 0.4) is 0 Å². The molecule has 2 rings (SSSR count). The van der Waals surface area contributed by atoms with E-state index in [0.717, 1.165) is 13.1 Å². The van der Waals surface area contributed by atoms with Gasteiger partial charge in [-0.05, 0) is 6.07 Å². The molecule has 0 unspecified atom stereocenters. The van der Waals surface area contributed by atoms with Gasteiger partial charge < -0.3 is 14.8 Å². The van der Waals surface area contributed by atoms with Gasteiger partial charge in [0, 0.05) is 30.8 Å². The number of ether oxygens (including phenoxy) is 2. The van der Waals surface area contributed by atoms with Crippen molar-refractivity contribution >= 4 is 5.69 Å². The predicted molar refractivity (Wildman–Crippen MR) is 61.1 cm³/mol. The maximum Gasteiger partial charge on any atom is 0.270 e. The van der Waals surface area contributed by atoms with Gasteiger partial charge in [0.25, 0.3) is 5.69 Å². The summed E-state index contributed by atoms with van der Waals surface area (Å²) in [6.45, 7) is 1.99. The van der Waals surface area contributed by atoms with Crippen LogP contribution in [0.4, 0.5) is 5.69 Å². The monoisotopic (exact) mass is 238 g/mol. The van der Waals surface area contributed by atoms with Crippen molar-refractivity contribution in [3.05, 3.63) is 33.9 Å². The number of nitro groups is 1. The minimum absolute atomic E-state index is 0.0520. The van der Waals surface area contributed by atoms with E-state index in [0.29, 0.717) is 17.9 Å². The fourth-order valence-electron chi connectivity index (χ4n) is 1.58. The lowest BCUT2D eigenvalue weighted by Gasteiger charge is -2.27. The molecule has 0 radical (unpaired) electrons. The summed E-state index contributed by atoms with van der Waals surface area (Å²) in [6, 6.07) is 4.51. The lowest BCUT2D eigenvalue weighted by atomic mass is 10.2. The number of nitro benzene ring substituents is 1. The van der Waals surface area contributed by atoms with Gasteiger partial charge in [-0.2, -0.15) is 0 Å². The zero-order valence-electron chi connectivity index (χ0n) is 9.51. The van der Waals surface area contributed by atoms with E-state index >= 15 is 0 Å². The van der Waals surface area contributed by atoms with Crippen LogP contribution in [-0.2, 0) is 11.3 Å². The van der Waals surface area contributed by atoms with Gasteiger partial charge >= 0.3 is 0 Å². The number of hydrogen-bond donors (Lipinski definition) is 1. The highest BCUT2D eigenvalue weighted by atomic mass is 16.6. The van der Waals surface area contributed by atoms with Gasteiger partial charge in [0.2, 0.25) is 0 Å². The molecule has 0 amide bonds. The van der Waals surface area contributed by atoms with Crippen molar-refractivity contribution in [3.8, 4) is 5.75 Å². The van der Waals surface area contributed by atoms with Crippen LogP contribution in [0.5, 0.6) is 5.75 Å². The van der Waals surface area contributed by atoms with E-state index in [4.69, 9.17) is 9.47 Å². The number of benzene rings is 1. The minimum Gasteiger partial charge on any atom is -0.496 e. The van der Waals surface area contributed by atoms with Crippen LogP contribution in [0.25, 0.3) is 0 Å². The maximum atomic E-state index is 10.7. The summed E-state index contributed by atoms with van der Waals surface area (Å²) in [5.74, 6) is 0.614. The number of methoxy groups -OCH3 is 1. The predicted octanol–water partition coefficient (Wildman–Crippen LogP) is 1.09. The average Bonchev–Trinajstić information content (AvgIpc) is 2.26. The zero-order chi connectivity index (χ0) is 12.3. The molecule has 1 N–H and O–H groups in total. The third-order valence-corrected chi connectivity index (χ3v) is 2.69. The van der Waals surface area contributed by atoms with Gasteiger partial charge in [-0.25, -0.2) is 0 Å². The molecule has 6 heteroatoms. The highest BCUT2D eigenvalue weighted by Crippen LogP contribution is 2.25. The van der Waals surface area contributed by atoms with E-state index in [1.165, 1.54) is 19.2 Å². The van der Waals surface area contributed by atoms with Crippen LogP contribution < -0.4 is 10.1 Å². The topological polar surface area (TPSA) is 73.6 Å². The summed E-state index contributed by atoms with van der Waals surface area (Å²) >= 11 is 0. The molecule has 1 fully saturated rings. The number of hydrogen-bond acceptors (Lipinski definition) is 5. The van der Waals surface area contributed by atoms with Gasteiger partial charge in [0.05, 0.1) is 24.7 Å². The highest BCUT2D eigenvalue weighted by molar-refractivity contribution is 5.43. The number of non-ortho nitro benzene ring substituents is 1. The molecule has 1 aliphatic heterocycles. The van der Waals surface area contributed by atoms with Gasteiger partial charge in [-0.3, -0.25) is 10.1 Å². The Labute approximate surface area is 98.7 Å². The Morgan fingerprint density at radius 2 is 2.29 bits per heavy atom. The summed E-state index contributed by atoms with van der Waals surface area (Å²) in [6.07, 6.45) is 0.193. The Kier molecular flexibility index (Phi) is 3.55. The zero-order valence-corrected chi connectivity index (χ0v) is 9.51. The van der Waals surface area contributed by atoms with Crippen molar-refractivity contribution in [2.24, 2.45) is 0 Å². The Bertz CT molecular complexity index is 418. The van der Waals surface area contributed by atoms with Gasteiger partial charge in [0.1, 0.15) is 5.75 Å². The molecule has 1 aliphatic rings. The average molecular weight is 238 g/mol. The third-order valence-electron chi connectivity index (χ3n) is 2.69. The molecule has 6 nitrogen and oxygen atoms in total.